The predicted molar refractivity (Wildman–Crippen MR) is 190 cm³/mol. The van der Waals surface area contributed by atoms with E-state index in [4.69, 9.17) is 16.2 Å². The highest BCUT2D eigenvalue weighted by Crippen LogP contribution is 2.38. The number of nitrogens with zero attached hydrogens (tertiary/aromatic N) is 4. The fraction of sp³-hybridized carbons (Fsp3) is 0.441. The van der Waals surface area contributed by atoms with Crippen molar-refractivity contribution in [2.75, 3.05) is 76.1 Å². The number of nitrogens with two attached hydrogens (primary N) is 2. The second-order valence-corrected chi connectivity index (χ2v) is 13.0. The number of hydrogen-bond acceptors (Lipinski definition) is 11. The molecule has 2 aliphatic heterocycles. The Bertz CT molecular complexity index is 1700. The Morgan fingerprint density at radius 1 is 0.957 bits per heavy atom. The number of thiophene rings is 1. The van der Waals surface area contributed by atoms with Gasteiger partial charge in [-0.05, 0) is 88.3 Å². The Balaban J connectivity index is 1.09. The van der Waals surface area contributed by atoms with E-state index < -0.39 is 5.56 Å². The minimum atomic E-state index is -0.424. The number of benzene rings is 2. The van der Waals surface area contributed by atoms with Crippen molar-refractivity contribution in [1.82, 2.24) is 30.4 Å². The van der Waals surface area contributed by atoms with Crippen LogP contribution in [0.25, 0.3) is 16.0 Å². The molecule has 1 fully saturated rings. The van der Waals surface area contributed by atoms with Gasteiger partial charge in [-0.25, -0.2) is 4.98 Å². The number of carbonyl (C=O) groups is 1. The first-order chi connectivity index (χ1) is 23.0. The Labute approximate surface area is 279 Å². The largest absolute Gasteiger partial charge is 0.490 e. The number of likely N-dealkylation sites (tertiary alicyclic amines) is 1. The first-order valence-electron chi connectivity index (χ1n) is 16.6. The molecule has 4 aromatic rings. The average Bonchev–Trinajstić information content (AvgIpc) is 3.52. The lowest BCUT2D eigenvalue weighted by Crippen LogP contribution is -2.45. The average molecular weight is 660 g/mol. The normalized spacial score (nSPS) is 15.5. The maximum atomic E-state index is 13.4. The third kappa shape index (κ3) is 7.94. The quantitative estimate of drug-likeness (QED) is 0.128. The summed E-state index contributed by atoms with van der Waals surface area (Å²) in [5, 5.41) is 10.0. The molecule has 2 aromatic carbocycles. The third-order valence-electron chi connectivity index (χ3n) is 8.71. The van der Waals surface area contributed by atoms with Crippen molar-refractivity contribution in [3.05, 3.63) is 69.8 Å². The topological polar surface area (TPSA) is 156 Å². The monoisotopic (exact) mass is 659 g/mol. The van der Waals surface area contributed by atoms with Crippen LogP contribution in [0.15, 0.2) is 59.4 Å². The molecule has 1 amide bonds. The minimum absolute atomic E-state index is 0.105. The number of piperidine rings is 1. The summed E-state index contributed by atoms with van der Waals surface area (Å²) >= 11 is 1.25. The van der Waals surface area contributed by atoms with E-state index in [9.17, 15) is 9.59 Å². The number of hydrogen-bond donors (Lipinski definition) is 5. The first-order valence-corrected chi connectivity index (χ1v) is 17.4. The fourth-order valence-electron chi connectivity index (χ4n) is 6.26. The molecule has 1 saturated heterocycles. The van der Waals surface area contributed by atoms with E-state index in [1.807, 2.05) is 36.4 Å². The predicted octanol–water partition coefficient (Wildman–Crippen LogP) is 2.67. The maximum absolute atomic E-state index is 13.4. The molecular weight excluding hydrogens is 615 g/mol. The van der Waals surface area contributed by atoms with Crippen LogP contribution in [-0.4, -0.2) is 91.9 Å². The number of fused-ring (bicyclic) bond motifs is 2. The summed E-state index contributed by atoms with van der Waals surface area (Å²) in [6.07, 6.45) is 4.02. The molecule has 47 heavy (non-hydrogen) atoms. The number of nitrogen functional groups attached to an aromatic ring is 1. The van der Waals surface area contributed by atoms with Crippen LogP contribution < -0.4 is 42.6 Å². The van der Waals surface area contributed by atoms with E-state index in [2.05, 4.69) is 42.9 Å². The lowest BCUT2D eigenvalue weighted by atomic mass is 10.0. The van der Waals surface area contributed by atoms with Crippen molar-refractivity contribution >= 4 is 44.8 Å². The van der Waals surface area contributed by atoms with E-state index in [-0.39, 0.29) is 17.8 Å². The highest BCUT2D eigenvalue weighted by molar-refractivity contribution is 7.20. The summed E-state index contributed by atoms with van der Waals surface area (Å²) in [5.74, 6) is 0.483. The lowest BCUT2D eigenvalue weighted by molar-refractivity contribution is 0.0915. The highest BCUT2D eigenvalue weighted by Gasteiger charge is 2.25. The van der Waals surface area contributed by atoms with Crippen LogP contribution >= 0.6 is 11.3 Å². The second kappa shape index (κ2) is 15.7. The summed E-state index contributed by atoms with van der Waals surface area (Å²) in [7, 11) is 0. The van der Waals surface area contributed by atoms with Gasteiger partial charge in [0.05, 0.1) is 28.3 Å². The number of carbonyl (C=O) groups excluding carboxylic acids is 1. The van der Waals surface area contributed by atoms with Gasteiger partial charge in [-0.15, -0.1) is 11.3 Å². The molecule has 12 nitrogen and oxygen atoms in total. The van der Waals surface area contributed by atoms with E-state index in [0.717, 1.165) is 88.6 Å². The maximum Gasteiger partial charge on any atom is 0.298 e. The van der Waals surface area contributed by atoms with Crippen molar-refractivity contribution in [1.29, 1.82) is 0 Å². The van der Waals surface area contributed by atoms with Gasteiger partial charge in [-0.1, -0.05) is 18.2 Å². The third-order valence-corrected chi connectivity index (χ3v) is 9.73. The van der Waals surface area contributed by atoms with Gasteiger partial charge in [-0.3, -0.25) is 14.2 Å². The van der Waals surface area contributed by atoms with Gasteiger partial charge < -0.3 is 42.0 Å². The molecule has 4 heterocycles. The van der Waals surface area contributed by atoms with E-state index >= 15 is 0 Å². The van der Waals surface area contributed by atoms with Gasteiger partial charge in [0.1, 0.15) is 17.2 Å². The fourth-order valence-corrected chi connectivity index (χ4v) is 7.19. The van der Waals surface area contributed by atoms with E-state index in [0.29, 0.717) is 40.6 Å². The summed E-state index contributed by atoms with van der Waals surface area (Å²) in [6.45, 7) is 8.77. The molecular formula is C34H45N9O3S. The van der Waals surface area contributed by atoms with Crippen molar-refractivity contribution in [2.45, 2.75) is 31.7 Å². The number of rotatable bonds is 14. The van der Waals surface area contributed by atoms with Crippen molar-refractivity contribution in [3.8, 4) is 11.4 Å². The molecule has 6 rings (SSSR count). The van der Waals surface area contributed by atoms with Crippen LogP contribution in [0, 0.1) is 0 Å². The molecule has 0 bridgehead atoms. The molecule has 7 N–H and O–H groups in total. The van der Waals surface area contributed by atoms with Crippen LogP contribution in [0.2, 0.25) is 0 Å². The Kier molecular flexibility index (Phi) is 11.0. The van der Waals surface area contributed by atoms with Crippen LogP contribution in [0.3, 0.4) is 0 Å². The lowest BCUT2D eigenvalue weighted by Gasteiger charge is -2.32. The zero-order chi connectivity index (χ0) is 32.6. The van der Waals surface area contributed by atoms with Gasteiger partial charge in [-0.2, -0.15) is 0 Å². The standard InChI is InChI=1S/C34H45N9O3S/c35-12-16-38-14-4-13-37-15-5-17-41-18-10-24(11-19-41)39-32(44)30-23-28-33(47-30)40-31(36)34(45)43(28)26-8-9-29-27(22-26)42(20-21-46-29)25-6-2-1-3-7-25/h1-3,6-9,22-24,37-38H,4-5,10-21,35H2,(H2,36,40)(H,39,44). The van der Waals surface area contributed by atoms with Crippen molar-refractivity contribution in [2.24, 2.45) is 5.73 Å². The summed E-state index contributed by atoms with van der Waals surface area (Å²) in [5.41, 5.74) is 14.3. The minimum Gasteiger partial charge on any atom is -0.490 e. The zero-order valence-electron chi connectivity index (χ0n) is 26.7. The van der Waals surface area contributed by atoms with Crippen LogP contribution in [-0.2, 0) is 0 Å². The van der Waals surface area contributed by atoms with Crippen LogP contribution in [0.5, 0.6) is 5.75 Å². The smallest absolute Gasteiger partial charge is 0.298 e. The molecule has 13 heteroatoms. The molecule has 0 radical (unpaired) electrons. The molecule has 0 aliphatic carbocycles. The Morgan fingerprint density at radius 3 is 2.51 bits per heavy atom. The number of para-hydroxylation sites is 1. The van der Waals surface area contributed by atoms with Gasteiger partial charge >= 0.3 is 0 Å². The summed E-state index contributed by atoms with van der Waals surface area (Å²) < 4.78 is 7.49. The Hall–Kier alpha value is -4.01. The van der Waals surface area contributed by atoms with Crippen molar-refractivity contribution < 1.29 is 9.53 Å². The highest BCUT2D eigenvalue weighted by atomic mass is 32.1. The van der Waals surface area contributed by atoms with Crippen LogP contribution in [0.1, 0.15) is 35.4 Å². The van der Waals surface area contributed by atoms with E-state index in [1.165, 1.54) is 11.3 Å². The zero-order valence-corrected chi connectivity index (χ0v) is 27.6. The molecule has 0 unspecified atom stereocenters. The molecule has 0 saturated carbocycles. The molecule has 2 aliphatic rings. The number of ether oxygens (including phenoxy) is 1. The SMILES string of the molecule is NCCNCCCNCCCN1CCC(NC(=O)c2cc3c(nc(N)c(=O)n3-c3ccc4c(c3)N(c3ccccc3)CCO4)s2)CC1. The molecule has 2 aromatic heterocycles. The van der Waals surface area contributed by atoms with Gasteiger partial charge in [0.15, 0.2) is 5.82 Å². The molecule has 0 atom stereocenters. The first kappa shape index (κ1) is 32.9. The number of anilines is 3. The molecule has 0 spiro atoms. The second-order valence-electron chi connectivity index (χ2n) is 12.0. The summed E-state index contributed by atoms with van der Waals surface area (Å²) in [6, 6.07) is 17.6. The van der Waals surface area contributed by atoms with Gasteiger partial charge in [0.2, 0.25) is 0 Å². The van der Waals surface area contributed by atoms with Gasteiger partial charge in [0.25, 0.3) is 11.5 Å². The van der Waals surface area contributed by atoms with Gasteiger partial charge in [0, 0.05) is 37.9 Å². The van der Waals surface area contributed by atoms with E-state index in [1.54, 1.807) is 10.6 Å². The van der Waals surface area contributed by atoms with Crippen molar-refractivity contribution in [3.63, 3.8) is 0 Å². The van der Waals surface area contributed by atoms with Crippen LogP contribution in [0.4, 0.5) is 17.2 Å². The number of amides is 1. The number of aromatic nitrogens is 2. The molecule has 250 valence electrons. The number of nitrogens with one attached hydrogen (secondary N) is 3. The summed E-state index contributed by atoms with van der Waals surface area (Å²) in [4.78, 5) is 36.9. The Morgan fingerprint density at radius 2 is 1.72 bits per heavy atom.